The third kappa shape index (κ3) is 8.14. The van der Waals surface area contributed by atoms with Crippen LogP contribution in [0.1, 0.15) is 47.0 Å². The van der Waals surface area contributed by atoms with Crippen molar-refractivity contribution in [1.29, 1.82) is 0 Å². The largest absolute Gasteiger partial charge is 0.469 e. The van der Waals surface area contributed by atoms with E-state index in [2.05, 4.69) is 0 Å². The maximum absolute atomic E-state index is 12.9. The number of likely N-dealkylation sites (N-methyl/N-ethyl adjacent to an activating group) is 1. The summed E-state index contributed by atoms with van der Waals surface area (Å²) in [6.45, 7) is 7.39. The van der Waals surface area contributed by atoms with Gasteiger partial charge in [0.1, 0.15) is 13.2 Å². The molecule has 0 amide bonds. The normalized spacial score (nSPS) is 16.6. The zero-order valence-electron chi connectivity index (χ0n) is 18.4. The minimum absolute atomic E-state index is 0.0952. The Bertz CT molecular complexity index is 523. The van der Waals surface area contributed by atoms with Crippen molar-refractivity contribution in [2.24, 2.45) is 16.7 Å². The van der Waals surface area contributed by atoms with Crippen molar-refractivity contribution < 1.29 is 33.7 Å². The molecule has 0 spiro atoms. The summed E-state index contributed by atoms with van der Waals surface area (Å²) in [7, 11) is 5.06. The van der Waals surface area contributed by atoms with Gasteiger partial charge in [0, 0.05) is 6.54 Å². The van der Waals surface area contributed by atoms with Gasteiger partial charge in [-0.05, 0) is 47.2 Å². The highest BCUT2D eigenvalue weighted by Crippen LogP contribution is 2.42. The molecule has 0 aromatic rings. The first-order valence-corrected chi connectivity index (χ1v) is 9.63. The third-order valence-corrected chi connectivity index (χ3v) is 5.00. The molecule has 28 heavy (non-hydrogen) atoms. The van der Waals surface area contributed by atoms with Crippen molar-refractivity contribution in [3.05, 3.63) is 0 Å². The Morgan fingerprint density at radius 1 is 1.04 bits per heavy atom. The molecular formula is C20H37NO7. The SMILES string of the molecule is CCC(C)(CC(C)(CC(C)C(=O)OCCO)C(=O)OCCN(C)C)C(=O)OC. The van der Waals surface area contributed by atoms with E-state index in [1.807, 2.05) is 25.9 Å². The van der Waals surface area contributed by atoms with Crippen molar-refractivity contribution >= 4 is 17.9 Å². The van der Waals surface area contributed by atoms with E-state index in [1.165, 1.54) is 7.11 Å². The maximum Gasteiger partial charge on any atom is 0.311 e. The maximum atomic E-state index is 12.9. The fourth-order valence-corrected chi connectivity index (χ4v) is 3.22. The second kappa shape index (κ2) is 12.0. The molecule has 3 unspecified atom stereocenters. The Balaban J connectivity index is 5.53. The second-order valence-corrected chi connectivity index (χ2v) is 8.08. The van der Waals surface area contributed by atoms with Gasteiger partial charge in [-0.1, -0.05) is 13.8 Å². The van der Waals surface area contributed by atoms with Crippen molar-refractivity contribution in [3.63, 3.8) is 0 Å². The average molecular weight is 404 g/mol. The van der Waals surface area contributed by atoms with Crippen LogP contribution in [0.3, 0.4) is 0 Å². The molecule has 0 fully saturated rings. The van der Waals surface area contributed by atoms with E-state index in [1.54, 1.807) is 20.8 Å². The Hall–Kier alpha value is -1.67. The first-order chi connectivity index (χ1) is 13.0. The molecular weight excluding hydrogens is 366 g/mol. The minimum Gasteiger partial charge on any atom is -0.469 e. The van der Waals surface area contributed by atoms with Gasteiger partial charge in [0.05, 0.1) is 30.5 Å². The second-order valence-electron chi connectivity index (χ2n) is 8.08. The molecule has 0 aliphatic heterocycles. The number of hydrogen-bond acceptors (Lipinski definition) is 8. The van der Waals surface area contributed by atoms with Crippen LogP contribution in [-0.4, -0.2) is 75.5 Å². The quantitative estimate of drug-likeness (QED) is 0.366. The standard InChI is InChI=1S/C20H37NO7/c1-8-19(3,17(24)26-7)14-20(4,18(25)28-11-9-21(5)6)13-15(2)16(23)27-12-10-22/h15,22H,8-14H2,1-7H3. The first kappa shape index (κ1) is 26.3. The van der Waals surface area contributed by atoms with Crippen LogP contribution in [0, 0.1) is 16.7 Å². The number of carbonyl (C=O) groups is 3. The highest BCUT2D eigenvalue weighted by molar-refractivity contribution is 5.81. The number of carbonyl (C=O) groups excluding carboxylic acids is 3. The lowest BCUT2D eigenvalue weighted by Crippen LogP contribution is -2.42. The van der Waals surface area contributed by atoms with Gasteiger partial charge in [-0.15, -0.1) is 0 Å². The molecule has 0 saturated carbocycles. The molecule has 1 N–H and O–H groups in total. The average Bonchev–Trinajstić information content (AvgIpc) is 2.64. The molecule has 0 radical (unpaired) electrons. The monoisotopic (exact) mass is 403 g/mol. The van der Waals surface area contributed by atoms with Crippen LogP contribution < -0.4 is 0 Å². The molecule has 0 aromatic carbocycles. The Kier molecular flexibility index (Phi) is 11.3. The number of ether oxygens (including phenoxy) is 3. The molecule has 0 aliphatic rings. The summed E-state index contributed by atoms with van der Waals surface area (Å²) in [6.07, 6.45) is 0.815. The molecule has 0 aromatic heterocycles. The van der Waals surface area contributed by atoms with Crippen LogP contribution in [0.25, 0.3) is 0 Å². The lowest BCUT2D eigenvalue weighted by molar-refractivity contribution is -0.165. The van der Waals surface area contributed by atoms with Crippen molar-refractivity contribution in [3.8, 4) is 0 Å². The van der Waals surface area contributed by atoms with Gasteiger partial charge in [0.15, 0.2) is 0 Å². The molecule has 3 atom stereocenters. The minimum atomic E-state index is -1.08. The van der Waals surface area contributed by atoms with E-state index in [-0.39, 0.29) is 32.7 Å². The molecule has 0 saturated heterocycles. The number of methoxy groups -OCH3 is 1. The molecule has 0 bridgehead atoms. The lowest BCUT2D eigenvalue weighted by Gasteiger charge is -2.37. The Labute approximate surface area is 168 Å². The van der Waals surface area contributed by atoms with Gasteiger partial charge >= 0.3 is 17.9 Å². The van der Waals surface area contributed by atoms with E-state index in [4.69, 9.17) is 19.3 Å². The zero-order valence-corrected chi connectivity index (χ0v) is 18.4. The van der Waals surface area contributed by atoms with Crippen molar-refractivity contribution in [1.82, 2.24) is 4.90 Å². The van der Waals surface area contributed by atoms with Gasteiger partial charge in [0.25, 0.3) is 0 Å². The summed E-state index contributed by atoms with van der Waals surface area (Å²) in [4.78, 5) is 39.3. The smallest absolute Gasteiger partial charge is 0.311 e. The van der Waals surface area contributed by atoms with Crippen LogP contribution in [0.4, 0.5) is 0 Å². The first-order valence-electron chi connectivity index (χ1n) is 9.63. The molecule has 8 nitrogen and oxygen atoms in total. The summed E-state index contributed by atoms with van der Waals surface area (Å²) >= 11 is 0. The van der Waals surface area contributed by atoms with Crippen LogP contribution in [0.2, 0.25) is 0 Å². The van der Waals surface area contributed by atoms with Gasteiger partial charge in [-0.25, -0.2) is 0 Å². The van der Waals surface area contributed by atoms with E-state index in [0.29, 0.717) is 13.0 Å². The van der Waals surface area contributed by atoms with Gasteiger partial charge in [0.2, 0.25) is 0 Å². The number of hydrogen-bond donors (Lipinski definition) is 1. The summed E-state index contributed by atoms with van der Waals surface area (Å²) < 4.78 is 15.4. The number of aliphatic hydroxyl groups is 1. The molecule has 164 valence electrons. The predicted octanol–water partition coefficient (Wildman–Crippen LogP) is 1.64. The number of nitrogens with zero attached hydrogens (tertiary/aromatic N) is 1. The summed E-state index contributed by atoms with van der Waals surface area (Å²) in [6, 6.07) is 0. The van der Waals surface area contributed by atoms with Crippen LogP contribution in [-0.2, 0) is 28.6 Å². The Morgan fingerprint density at radius 2 is 1.64 bits per heavy atom. The fourth-order valence-electron chi connectivity index (χ4n) is 3.22. The van der Waals surface area contributed by atoms with Gasteiger partial charge < -0.3 is 24.2 Å². The van der Waals surface area contributed by atoms with E-state index >= 15 is 0 Å². The van der Waals surface area contributed by atoms with Crippen molar-refractivity contribution in [2.45, 2.75) is 47.0 Å². The van der Waals surface area contributed by atoms with E-state index in [0.717, 1.165) is 0 Å². The van der Waals surface area contributed by atoms with Crippen LogP contribution in [0.5, 0.6) is 0 Å². The number of rotatable bonds is 13. The van der Waals surface area contributed by atoms with Crippen LogP contribution >= 0.6 is 0 Å². The molecule has 8 heteroatoms. The predicted molar refractivity (Wildman–Crippen MR) is 104 cm³/mol. The van der Waals surface area contributed by atoms with Gasteiger partial charge in [-0.3, -0.25) is 14.4 Å². The summed E-state index contributed by atoms with van der Waals surface area (Å²) in [5.74, 6) is -1.97. The number of esters is 3. The third-order valence-electron chi connectivity index (χ3n) is 5.00. The van der Waals surface area contributed by atoms with E-state index < -0.39 is 34.7 Å². The molecule has 0 aliphatic carbocycles. The lowest BCUT2D eigenvalue weighted by atomic mass is 9.68. The topological polar surface area (TPSA) is 102 Å². The van der Waals surface area contributed by atoms with E-state index in [9.17, 15) is 14.4 Å². The molecule has 0 rings (SSSR count). The Morgan fingerprint density at radius 3 is 2.11 bits per heavy atom. The number of aliphatic hydroxyl groups excluding tert-OH is 1. The summed E-state index contributed by atoms with van der Waals surface area (Å²) in [5, 5.41) is 8.83. The highest BCUT2D eigenvalue weighted by atomic mass is 16.5. The van der Waals surface area contributed by atoms with Crippen molar-refractivity contribution in [2.75, 3.05) is 47.6 Å². The van der Waals surface area contributed by atoms with Crippen LogP contribution in [0.15, 0.2) is 0 Å². The highest BCUT2D eigenvalue weighted by Gasteiger charge is 2.46. The van der Waals surface area contributed by atoms with Gasteiger partial charge in [-0.2, -0.15) is 0 Å². The zero-order chi connectivity index (χ0) is 22.0. The summed E-state index contributed by atoms with van der Waals surface area (Å²) in [5.41, 5.74) is -1.97. The fraction of sp³-hybridized carbons (Fsp3) is 0.850. The molecule has 0 heterocycles.